The van der Waals surface area contributed by atoms with Crippen LogP contribution in [0.1, 0.15) is 29.7 Å². The van der Waals surface area contributed by atoms with Gasteiger partial charge < -0.3 is 15.8 Å². The maximum absolute atomic E-state index is 12.1. The minimum absolute atomic E-state index is 0. The quantitative estimate of drug-likeness (QED) is 0.841. The molecule has 0 radical (unpaired) electrons. The topological polar surface area (TPSA) is 64.4 Å². The average molecular weight is 349 g/mol. The Bertz CT molecular complexity index is 659. The summed E-state index contributed by atoms with van der Waals surface area (Å²) in [6.07, 6.45) is -0.133. The first-order chi connectivity index (χ1) is 11.0. The summed E-state index contributed by atoms with van der Waals surface area (Å²) in [7, 11) is 0. The minimum Gasteiger partial charge on any atom is -0.489 e. The molecule has 0 fully saturated rings. The second-order valence-corrected chi connectivity index (χ2v) is 5.88. The molecule has 130 valence electrons. The van der Waals surface area contributed by atoms with Crippen molar-refractivity contribution in [2.45, 2.75) is 32.9 Å². The van der Waals surface area contributed by atoms with Crippen LogP contribution in [0.4, 0.5) is 0 Å². The molecule has 4 nitrogen and oxygen atoms in total. The number of nitrogens with two attached hydrogens (primary N) is 1. The normalized spacial score (nSPS) is 12.7. The Kier molecular flexibility index (Phi) is 7.75. The maximum atomic E-state index is 12.1. The van der Waals surface area contributed by atoms with Crippen molar-refractivity contribution in [3.05, 3.63) is 65.2 Å². The molecule has 0 aliphatic rings. The Morgan fingerprint density at radius 3 is 2.42 bits per heavy atom. The van der Waals surface area contributed by atoms with Gasteiger partial charge in [-0.3, -0.25) is 4.79 Å². The number of carbonyl (C=O) groups excluding carboxylic acids is 1. The number of rotatable bonds is 6. The van der Waals surface area contributed by atoms with E-state index in [4.69, 9.17) is 10.5 Å². The van der Waals surface area contributed by atoms with Gasteiger partial charge in [0.25, 0.3) is 0 Å². The Hall–Kier alpha value is -2.04. The van der Waals surface area contributed by atoms with E-state index in [1.165, 1.54) is 0 Å². The molecule has 0 aliphatic heterocycles. The summed E-state index contributed by atoms with van der Waals surface area (Å²) < 4.78 is 5.79. The highest BCUT2D eigenvalue weighted by Crippen LogP contribution is 2.14. The molecule has 24 heavy (non-hydrogen) atoms. The molecule has 0 saturated heterocycles. The fraction of sp³-hybridized carbons (Fsp3) is 0.316. The number of halogens is 1. The number of ether oxygens (including phenoxy) is 1. The van der Waals surface area contributed by atoms with E-state index in [1.807, 2.05) is 69.3 Å². The van der Waals surface area contributed by atoms with E-state index in [2.05, 4.69) is 5.32 Å². The number of hydrogen-bond acceptors (Lipinski definition) is 3. The van der Waals surface area contributed by atoms with Crippen LogP contribution >= 0.6 is 12.4 Å². The third-order valence-electron chi connectivity index (χ3n) is 3.61. The molecule has 3 N–H and O–H groups in total. The molecule has 0 aromatic heterocycles. The molecule has 5 heteroatoms. The third-order valence-corrected chi connectivity index (χ3v) is 3.61. The van der Waals surface area contributed by atoms with E-state index >= 15 is 0 Å². The lowest BCUT2D eigenvalue weighted by molar-refractivity contribution is -0.122. The SMILES string of the molecule is Cc1ccc(C(N)C(=O)NCC(C)Oc2cccc(C)c2)cc1.Cl. The van der Waals surface area contributed by atoms with Crippen LogP contribution in [0.15, 0.2) is 48.5 Å². The van der Waals surface area contributed by atoms with Gasteiger partial charge in [-0.2, -0.15) is 0 Å². The second-order valence-electron chi connectivity index (χ2n) is 5.88. The van der Waals surface area contributed by atoms with Crippen LogP contribution in [0.3, 0.4) is 0 Å². The second kappa shape index (κ2) is 9.30. The molecule has 0 bridgehead atoms. The van der Waals surface area contributed by atoms with Crippen molar-refractivity contribution in [3.63, 3.8) is 0 Å². The summed E-state index contributed by atoms with van der Waals surface area (Å²) in [6.45, 7) is 6.34. The Balaban J connectivity index is 0.00000288. The van der Waals surface area contributed by atoms with Crippen molar-refractivity contribution in [1.29, 1.82) is 0 Å². The molecule has 1 amide bonds. The summed E-state index contributed by atoms with van der Waals surface area (Å²) in [5.74, 6) is 0.600. The highest BCUT2D eigenvalue weighted by atomic mass is 35.5. The molecule has 2 aromatic rings. The number of benzene rings is 2. The summed E-state index contributed by atoms with van der Waals surface area (Å²) in [5.41, 5.74) is 9.08. The third kappa shape index (κ3) is 5.87. The van der Waals surface area contributed by atoms with Crippen molar-refractivity contribution in [3.8, 4) is 5.75 Å². The Morgan fingerprint density at radius 2 is 1.79 bits per heavy atom. The van der Waals surface area contributed by atoms with Crippen molar-refractivity contribution in [2.75, 3.05) is 6.54 Å². The van der Waals surface area contributed by atoms with Crippen LogP contribution < -0.4 is 15.8 Å². The lowest BCUT2D eigenvalue weighted by Gasteiger charge is -2.18. The van der Waals surface area contributed by atoms with Gasteiger partial charge in [-0.1, -0.05) is 42.0 Å². The molecule has 2 unspecified atom stereocenters. The average Bonchev–Trinajstić information content (AvgIpc) is 2.52. The molecule has 0 heterocycles. The number of aryl methyl sites for hydroxylation is 2. The van der Waals surface area contributed by atoms with Gasteiger partial charge in [-0.25, -0.2) is 0 Å². The Labute approximate surface area is 149 Å². The van der Waals surface area contributed by atoms with Gasteiger partial charge in [0, 0.05) is 0 Å². The van der Waals surface area contributed by atoms with Gasteiger partial charge in [0.05, 0.1) is 6.54 Å². The zero-order chi connectivity index (χ0) is 16.8. The van der Waals surface area contributed by atoms with Crippen molar-refractivity contribution < 1.29 is 9.53 Å². The largest absolute Gasteiger partial charge is 0.489 e. The summed E-state index contributed by atoms with van der Waals surface area (Å²) in [4.78, 5) is 12.1. The molecule has 0 spiro atoms. The van der Waals surface area contributed by atoms with Crippen LogP contribution in [0.2, 0.25) is 0 Å². The van der Waals surface area contributed by atoms with Crippen LogP contribution in [0.5, 0.6) is 5.75 Å². The van der Waals surface area contributed by atoms with Crippen LogP contribution in [0.25, 0.3) is 0 Å². The molecule has 0 aliphatic carbocycles. The van der Waals surface area contributed by atoms with Crippen LogP contribution in [-0.4, -0.2) is 18.6 Å². The monoisotopic (exact) mass is 348 g/mol. The van der Waals surface area contributed by atoms with E-state index in [-0.39, 0.29) is 24.4 Å². The van der Waals surface area contributed by atoms with Gasteiger partial charge in [-0.05, 0) is 44.0 Å². The predicted molar refractivity (Wildman–Crippen MR) is 99.6 cm³/mol. The molecular formula is C19H25ClN2O2. The summed E-state index contributed by atoms with van der Waals surface area (Å²) in [6, 6.07) is 14.8. The first kappa shape index (κ1) is 20.0. The van der Waals surface area contributed by atoms with Gasteiger partial charge in [-0.15, -0.1) is 12.4 Å². The van der Waals surface area contributed by atoms with Crippen molar-refractivity contribution in [1.82, 2.24) is 5.32 Å². The lowest BCUT2D eigenvalue weighted by atomic mass is 10.1. The van der Waals surface area contributed by atoms with E-state index in [9.17, 15) is 4.79 Å². The smallest absolute Gasteiger partial charge is 0.241 e. The highest BCUT2D eigenvalue weighted by molar-refractivity contribution is 5.85. The fourth-order valence-corrected chi connectivity index (χ4v) is 2.24. The first-order valence-corrected chi connectivity index (χ1v) is 7.79. The van der Waals surface area contributed by atoms with Gasteiger partial charge in [0.2, 0.25) is 5.91 Å². The molecule has 2 aromatic carbocycles. The molecule has 0 saturated carbocycles. The zero-order valence-corrected chi connectivity index (χ0v) is 15.1. The molecular weight excluding hydrogens is 324 g/mol. The van der Waals surface area contributed by atoms with E-state index in [1.54, 1.807) is 0 Å². The fourth-order valence-electron chi connectivity index (χ4n) is 2.24. The highest BCUT2D eigenvalue weighted by Gasteiger charge is 2.16. The Morgan fingerprint density at radius 1 is 1.12 bits per heavy atom. The van der Waals surface area contributed by atoms with Crippen molar-refractivity contribution in [2.24, 2.45) is 5.73 Å². The minimum atomic E-state index is -0.665. The standard InChI is InChI=1S/C19H24N2O2.ClH/c1-13-7-9-16(10-8-13)18(20)19(22)21-12-15(3)23-17-6-4-5-14(2)11-17;/h4-11,15,18H,12,20H2,1-3H3,(H,21,22);1H. The van der Waals surface area contributed by atoms with Gasteiger partial charge >= 0.3 is 0 Å². The molecule has 2 atom stereocenters. The van der Waals surface area contributed by atoms with Crippen LogP contribution in [-0.2, 0) is 4.79 Å². The lowest BCUT2D eigenvalue weighted by Crippen LogP contribution is -2.39. The number of carbonyl (C=O) groups is 1. The number of amides is 1. The number of hydrogen-bond donors (Lipinski definition) is 2. The van der Waals surface area contributed by atoms with E-state index in [0.29, 0.717) is 6.54 Å². The summed E-state index contributed by atoms with van der Waals surface area (Å²) in [5, 5.41) is 2.84. The van der Waals surface area contributed by atoms with Crippen LogP contribution in [0, 0.1) is 13.8 Å². The first-order valence-electron chi connectivity index (χ1n) is 7.79. The van der Waals surface area contributed by atoms with Crippen molar-refractivity contribution >= 4 is 18.3 Å². The van der Waals surface area contributed by atoms with E-state index in [0.717, 1.165) is 22.4 Å². The summed E-state index contributed by atoms with van der Waals surface area (Å²) >= 11 is 0. The number of nitrogens with one attached hydrogen (secondary N) is 1. The molecule has 2 rings (SSSR count). The predicted octanol–water partition coefficient (Wildman–Crippen LogP) is 3.31. The zero-order valence-electron chi connectivity index (χ0n) is 14.3. The van der Waals surface area contributed by atoms with Gasteiger partial charge in [0.1, 0.15) is 17.9 Å². The maximum Gasteiger partial charge on any atom is 0.241 e. The van der Waals surface area contributed by atoms with E-state index < -0.39 is 6.04 Å². The van der Waals surface area contributed by atoms with Gasteiger partial charge in [0.15, 0.2) is 0 Å².